The van der Waals surface area contributed by atoms with Crippen LogP contribution in [0.5, 0.6) is 0 Å². The predicted octanol–water partition coefficient (Wildman–Crippen LogP) is -0.557. The smallest absolute Gasteiger partial charge is 0.236 e. The molecule has 1 aromatic carbocycles. The van der Waals surface area contributed by atoms with E-state index < -0.39 is 0 Å². The first-order valence-electron chi connectivity index (χ1n) is 4.55. The topological polar surface area (TPSA) is 3.88 Å². The van der Waals surface area contributed by atoms with E-state index in [9.17, 15) is 0 Å². The molecule has 2 rings (SSSR count). The second kappa shape index (κ2) is 4.78. The normalized spacial score (nSPS) is 9.67. The molecule has 0 saturated heterocycles. The zero-order valence-corrected chi connectivity index (χ0v) is 11.2. The number of terminal acetylenes is 1. The number of hydrogen-bond donors (Lipinski definition) is 0. The maximum Gasteiger partial charge on any atom is 0.236 e. The number of halogens is 1. The number of rotatable bonds is 1. The first-order chi connectivity index (χ1) is 6.72. The summed E-state index contributed by atoms with van der Waals surface area (Å²) in [5, 5.41) is 1.27. The van der Waals surface area contributed by atoms with E-state index in [-0.39, 0.29) is 17.0 Å². The Hall–Kier alpha value is -0.850. The van der Waals surface area contributed by atoms with Crippen LogP contribution in [0.15, 0.2) is 18.2 Å². The first-order valence-corrected chi connectivity index (χ1v) is 5.37. The molecule has 0 atom stereocenters. The lowest BCUT2D eigenvalue weighted by molar-refractivity contribution is -0.660. The number of fused-ring (bicyclic) bond motifs is 1. The predicted molar refractivity (Wildman–Crippen MR) is 60.3 cm³/mol. The van der Waals surface area contributed by atoms with Crippen LogP contribution in [0, 0.1) is 26.2 Å². The number of aryl methyl sites for hydroxylation is 2. The summed E-state index contributed by atoms with van der Waals surface area (Å²) in [6.45, 7) is 4.88. The van der Waals surface area contributed by atoms with Crippen molar-refractivity contribution in [3.63, 3.8) is 0 Å². The van der Waals surface area contributed by atoms with Gasteiger partial charge in [0.25, 0.3) is 0 Å². The van der Waals surface area contributed by atoms with Gasteiger partial charge in [0.2, 0.25) is 17.1 Å². The number of aromatic nitrogens is 1. The van der Waals surface area contributed by atoms with Crippen molar-refractivity contribution < 1.29 is 21.5 Å². The van der Waals surface area contributed by atoms with Gasteiger partial charge in [-0.2, -0.15) is 4.57 Å². The third kappa shape index (κ3) is 2.22. The summed E-state index contributed by atoms with van der Waals surface area (Å²) >= 11 is 1.80. The molecule has 0 saturated carbocycles. The molecule has 0 amide bonds. The Balaban J connectivity index is 0.00000112. The van der Waals surface area contributed by atoms with Gasteiger partial charge in [0.1, 0.15) is 4.70 Å². The Kier molecular flexibility index (Phi) is 3.90. The van der Waals surface area contributed by atoms with Crippen LogP contribution in [0.2, 0.25) is 0 Å². The molecule has 0 N–H and O–H groups in total. The highest BCUT2D eigenvalue weighted by Crippen LogP contribution is 2.20. The molecule has 0 bridgehead atoms. The van der Waals surface area contributed by atoms with E-state index in [1.165, 1.54) is 20.8 Å². The van der Waals surface area contributed by atoms with Gasteiger partial charge in [-0.25, -0.2) is 0 Å². The molecular formula is C12H12BrNS. The summed E-state index contributed by atoms with van der Waals surface area (Å²) in [6.07, 6.45) is 5.34. The Labute approximate surface area is 105 Å². The summed E-state index contributed by atoms with van der Waals surface area (Å²) in [5.41, 5.74) is 2.54. The molecule has 0 aliphatic carbocycles. The molecule has 0 unspecified atom stereocenters. The number of nitrogens with zero attached hydrogens (tertiary/aromatic N) is 1. The lowest BCUT2D eigenvalue weighted by atomic mass is 10.2. The van der Waals surface area contributed by atoms with E-state index in [0.717, 1.165) is 0 Å². The van der Waals surface area contributed by atoms with Crippen LogP contribution in [-0.4, -0.2) is 0 Å². The summed E-state index contributed by atoms with van der Waals surface area (Å²) in [5.74, 6) is 2.69. The van der Waals surface area contributed by atoms with Gasteiger partial charge >= 0.3 is 0 Å². The van der Waals surface area contributed by atoms with E-state index in [1.807, 2.05) is 0 Å². The minimum Gasteiger partial charge on any atom is -1.00 e. The average Bonchev–Trinajstić information content (AvgIpc) is 2.43. The molecule has 0 spiro atoms. The zero-order chi connectivity index (χ0) is 10.1. The Morgan fingerprint density at radius 2 is 2.13 bits per heavy atom. The van der Waals surface area contributed by atoms with Gasteiger partial charge in [-0.3, -0.25) is 0 Å². The second-order valence-corrected chi connectivity index (χ2v) is 4.62. The van der Waals surface area contributed by atoms with Crippen molar-refractivity contribution in [2.24, 2.45) is 0 Å². The number of thiazole rings is 1. The first kappa shape index (κ1) is 12.2. The van der Waals surface area contributed by atoms with E-state index in [4.69, 9.17) is 6.42 Å². The lowest BCUT2D eigenvalue weighted by Gasteiger charge is -1.91. The molecule has 1 aromatic heterocycles. The molecular weight excluding hydrogens is 270 g/mol. The third-order valence-corrected chi connectivity index (χ3v) is 3.36. The minimum atomic E-state index is 0. The molecule has 1 nitrogen and oxygen atoms in total. The Morgan fingerprint density at radius 3 is 2.80 bits per heavy atom. The second-order valence-electron chi connectivity index (χ2n) is 3.38. The Morgan fingerprint density at radius 1 is 1.40 bits per heavy atom. The van der Waals surface area contributed by atoms with E-state index >= 15 is 0 Å². The van der Waals surface area contributed by atoms with Crippen molar-refractivity contribution in [2.75, 3.05) is 0 Å². The third-order valence-electron chi connectivity index (χ3n) is 2.29. The van der Waals surface area contributed by atoms with Crippen LogP contribution in [0.1, 0.15) is 10.6 Å². The van der Waals surface area contributed by atoms with Crippen molar-refractivity contribution in [1.82, 2.24) is 0 Å². The number of hydrogen-bond acceptors (Lipinski definition) is 1. The van der Waals surface area contributed by atoms with Crippen LogP contribution in [-0.2, 0) is 6.54 Å². The molecule has 0 fully saturated rings. The summed E-state index contributed by atoms with van der Waals surface area (Å²) < 4.78 is 3.50. The largest absolute Gasteiger partial charge is 1.00 e. The van der Waals surface area contributed by atoms with Crippen LogP contribution >= 0.6 is 11.3 Å². The lowest BCUT2D eigenvalue weighted by Crippen LogP contribution is -3.00. The molecule has 0 radical (unpaired) electrons. The molecule has 0 aliphatic rings. The highest BCUT2D eigenvalue weighted by molar-refractivity contribution is 7.18. The van der Waals surface area contributed by atoms with Gasteiger partial charge in [0, 0.05) is 13.0 Å². The highest BCUT2D eigenvalue weighted by atomic mass is 79.9. The monoisotopic (exact) mass is 281 g/mol. The maximum atomic E-state index is 5.34. The van der Waals surface area contributed by atoms with Gasteiger partial charge in [0.05, 0.1) is 0 Å². The SMILES string of the molecule is C#CC[n+]1c(C)sc2cc(C)ccc21.[Br-]. The van der Waals surface area contributed by atoms with Crippen molar-refractivity contribution in [2.45, 2.75) is 20.4 Å². The fourth-order valence-electron chi connectivity index (χ4n) is 1.60. The van der Waals surface area contributed by atoms with Gasteiger partial charge in [-0.05, 0) is 24.5 Å². The van der Waals surface area contributed by atoms with Gasteiger partial charge < -0.3 is 17.0 Å². The van der Waals surface area contributed by atoms with Crippen LogP contribution in [0.3, 0.4) is 0 Å². The van der Waals surface area contributed by atoms with Gasteiger partial charge in [0.15, 0.2) is 0 Å². The summed E-state index contributed by atoms with van der Waals surface area (Å²) in [6, 6.07) is 6.48. The zero-order valence-electron chi connectivity index (χ0n) is 8.75. The fraction of sp³-hybridized carbons (Fsp3) is 0.250. The highest BCUT2D eigenvalue weighted by Gasteiger charge is 2.15. The van der Waals surface area contributed by atoms with E-state index in [0.29, 0.717) is 6.54 Å². The molecule has 3 heteroatoms. The standard InChI is InChI=1S/C12H12NS.BrH/c1-4-7-13-10(3)14-12-8-9(2)5-6-11(12)13;/h1,5-6,8H,7H2,2-3H3;1H/q+1;/p-1. The molecule has 2 aromatic rings. The van der Waals surface area contributed by atoms with Gasteiger partial charge in [-0.15, -0.1) is 6.42 Å². The van der Waals surface area contributed by atoms with Crippen LogP contribution < -0.4 is 21.5 Å². The summed E-state index contributed by atoms with van der Waals surface area (Å²) in [4.78, 5) is 0. The van der Waals surface area contributed by atoms with Crippen molar-refractivity contribution >= 4 is 21.6 Å². The average molecular weight is 282 g/mol. The van der Waals surface area contributed by atoms with Gasteiger partial charge in [-0.1, -0.05) is 17.4 Å². The van der Waals surface area contributed by atoms with Crippen molar-refractivity contribution in [1.29, 1.82) is 0 Å². The van der Waals surface area contributed by atoms with Crippen molar-refractivity contribution in [3.8, 4) is 12.3 Å². The molecule has 78 valence electrons. The van der Waals surface area contributed by atoms with Crippen molar-refractivity contribution in [3.05, 3.63) is 28.8 Å². The molecule has 15 heavy (non-hydrogen) atoms. The van der Waals surface area contributed by atoms with E-state index in [1.54, 1.807) is 11.3 Å². The molecule has 1 heterocycles. The van der Waals surface area contributed by atoms with Crippen LogP contribution in [0.4, 0.5) is 0 Å². The maximum absolute atomic E-state index is 5.34. The summed E-state index contributed by atoms with van der Waals surface area (Å²) in [7, 11) is 0. The Bertz CT molecular complexity index is 522. The molecule has 0 aliphatic heterocycles. The van der Waals surface area contributed by atoms with Crippen LogP contribution in [0.25, 0.3) is 10.2 Å². The quantitative estimate of drug-likeness (QED) is 0.488. The minimum absolute atomic E-state index is 0. The fourth-order valence-corrected chi connectivity index (χ4v) is 2.72. The van der Waals surface area contributed by atoms with E-state index in [2.05, 4.69) is 42.5 Å². The number of benzene rings is 1.